The fourth-order valence-corrected chi connectivity index (χ4v) is 1.59. The summed E-state index contributed by atoms with van der Waals surface area (Å²) in [6, 6.07) is 0. The van der Waals surface area contributed by atoms with Gasteiger partial charge in [-0.3, -0.25) is 15.2 Å². The highest BCUT2D eigenvalue weighted by molar-refractivity contribution is 6.07. The predicted molar refractivity (Wildman–Crippen MR) is 55.9 cm³/mol. The van der Waals surface area contributed by atoms with Crippen LogP contribution in [-0.4, -0.2) is 26.3 Å². The molecule has 1 aliphatic heterocycles. The van der Waals surface area contributed by atoms with Crippen LogP contribution in [0.4, 0.5) is 0 Å². The molecule has 84 valence electrons. The van der Waals surface area contributed by atoms with Crippen LogP contribution in [0.15, 0.2) is 47.1 Å². The van der Waals surface area contributed by atoms with Crippen LogP contribution in [0.1, 0.15) is 13.8 Å². The van der Waals surface area contributed by atoms with Crippen molar-refractivity contribution in [2.24, 2.45) is 0 Å². The second-order valence-corrected chi connectivity index (χ2v) is 3.61. The second kappa shape index (κ2) is 3.62. The highest BCUT2D eigenvalue weighted by atomic mass is 16.6. The van der Waals surface area contributed by atoms with Gasteiger partial charge in [0.1, 0.15) is 0 Å². The minimum absolute atomic E-state index is 0.0700. The molecule has 0 aromatic heterocycles. The average molecular weight is 220 g/mol. The molecular weight excluding hydrogens is 208 g/mol. The van der Waals surface area contributed by atoms with E-state index in [0.29, 0.717) is 11.4 Å². The third-order valence-corrected chi connectivity index (χ3v) is 2.69. The van der Waals surface area contributed by atoms with E-state index in [-0.39, 0.29) is 17.2 Å². The summed E-state index contributed by atoms with van der Waals surface area (Å²) in [5, 5.41) is 21.2. The molecule has 5 heteroatoms. The standard InChI is InChI=1S/C11H12N2O3/c1-7-8(2)13(16)11(12(7)15)9-5-3-4-6-10(9)14/h3-6,15-16H,1-2H3. The Labute approximate surface area is 92.8 Å². The van der Waals surface area contributed by atoms with Gasteiger partial charge in [0.2, 0.25) is 0 Å². The van der Waals surface area contributed by atoms with Crippen molar-refractivity contribution in [3.63, 3.8) is 0 Å². The number of hydrogen-bond acceptors (Lipinski definition) is 5. The van der Waals surface area contributed by atoms with Crippen LogP contribution >= 0.6 is 0 Å². The van der Waals surface area contributed by atoms with Crippen LogP contribution < -0.4 is 0 Å². The summed E-state index contributed by atoms with van der Waals surface area (Å²) in [4.78, 5) is 11.6. The van der Waals surface area contributed by atoms with E-state index in [0.717, 1.165) is 10.1 Å². The number of ketones is 1. The van der Waals surface area contributed by atoms with Crippen LogP contribution in [0, 0.1) is 0 Å². The fraction of sp³-hybridized carbons (Fsp3) is 0.182. The van der Waals surface area contributed by atoms with Gasteiger partial charge in [-0.25, -0.2) is 10.1 Å². The number of rotatable bonds is 0. The second-order valence-electron chi connectivity index (χ2n) is 3.61. The smallest absolute Gasteiger partial charge is 0.189 e. The summed E-state index contributed by atoms with van der Waals surface area (Å²) in [6.07, 6.45) is 6.22. The molecule has 0 saturated heterocycles. The fourth-order valence-electron chi connectivity index (χ4n) is 1.59. The number of nitrogens with zero attached hydrogens (tertiary/aromatic N) is 2. The Morgan fingerprint density at radius 2 is 1.50 bits per heavy atom. The van der Waals surface area contributed by atoms with Gasteiger partial charge in [0.15, 0.2) is 11.6 Å². The van der Waals surface area contributed by atoms with Crippen LogP contribution in [0.3, 0.4) is 0 Å². The maximum atomic E-state index is 11.6. The first-order chi connectivity index (χ1) is 7.54. The first-order valence-electron chi connectivity index (χ1n) is 4.83. The van der Waals surface area contributed by atoms with Gasteiger partial charge in [0.25, 0.3) is 0 Å². The summed E-state index contributed by atoms with van der Waals surface area (Å²) in [5.41, 5.74) is 1.23. The van der Waals surface area contributed by atoms with Crippen LogP contribution in [0.2, 0.25) is 0 Å². The van der Waals surface area contributed by atoms with Gasteiger partial charge in [-0.2, -0.15) is 0 Å². The van der Waals surface area contributed by atoms with Crippen molar-refractivity contribution in [1.29, 1.82) is 0 Å². The molecule has 1 heterocycles. The van der Waals surface area contributed by atoms with Gasteiger partial charge in [-0.1, -0.05) is 12.2 Å². The molecule has 0 spiro atoms. The van der Waals surface area contributed by atoms with Crippen molar-refractivity contribution in [1.82, 2.24) is 10.1 Å². The van der Waals surface area contributed by atoms with E-state index in [9.17, 15) is 15.2 Å². The van der Waals surface area contributed by atoms with E-state index >= 15 is 0 Å². The monoisotopic (exact) mass is 220 g/mol. The Morgan fingerprint density at radius 3 is 2.00 bits per heavy atom. The van der Waals surface area contributed by atoms with Gasteiger partial charge in [0.05, 0.1) is 17.0 Å². The molecule has 0 atom stereocenters. The lowest BCUT2D eigenvalue weighted by Gasteiger charge is -2.19. The predicted octanol–water partition coefficient (Wildman–Crippen LogP) is 1.54. The van der Waals surface area contributed by atoms with Crippen LogP contribution in [0.5, 0.6) is 0 Å². The van der Waals surface area contributed by atoms with Gasteiger partial charge >= 0.3 is 0 Å². The van der Waals surface area contributed by atoms with Crippen molar-refractivity contribution in [3.05, 3.63) is 47.1 Å². The van der Waals surface area contributed by atoms with Crippen molar-refractivity contribution < 1.29 is 15.2 Å². The minimum Gasteiger partial charge on any atom is -0.289 e. The Morgan fingerprint density at radius 1 is 1.00 bits per heavy atom. The summed E-state index contributed by atoms with van der Waals surface area (Å²) >= 11 is 0. The van der Waals surface area contributed by atoms with Crippen LogP contribution in [-0.2, 0) is 4.79 Å². The molecule has 16 heavy (non-hydrogen) atoms. The molecule has 0 aromatic carbocycles. The Hall–Kier alpha value is -1.85. The lowest BCUT2D eigenvalue weighted by atomic mass is 10.1. The maximum absolute atomic E-state index is 11.6. The molecule has 5 nitrogen and oxygen atoms in total. The molecule has 2 aliphatic rings. The van der Waals surface area contributed by atoms with Crippen molar-refractivity contribution in [2.75, 3.05) is 0 Å². The number of hydrogen-bond donors (Lipinski definition) is 2. The van der Waals surface area contributed by atoms with Gasteiger partial charge in [0, 0.05) is 0 Å². The molecular formula is C11H12N2O3. The van der Waals surface area contributed by atoms with Gasteiger partial charge in [-0.15, -0.1) is 0 Å². The maximum Gasteiger partial charge on any atom is 0.189 e. The van der Waals surface area contributed by atoms with Gasteiger partial charge in [-0.05, 0) is 26.0 Å². The van der Waals surface area contributed by atoms with Gasteiger partial charge < -0.3 is 0 Å². The zero-order valence-electron chi connectivity index (χ0n) is 9.01. The zero-order valence-corrected chi connectivity index (χ0v) is 9.01. The van der Waals surface area contributed by atoms with E-state index in [1.165, 1.54) is 6.08 Å². The highest BCUT2D eigenvalue weighted by Crippen LogP contribution is 2.31. The normalized spacial score (nSPS) is 20.6. The topological polar surface area (TPSA) is 64.0 Å². The third kappa shape index (κ3) is 1.37. The largest absolute Gasteiger partial charge is 0.289 e. The van der Waals surface area contributed by atoms with E-state index in [1.54, 1.807) is 32.1 Å². The number of hydroxylamine groups is 4. The quantitative estimate of drug-likeness (QED) is 0.606. The summed E-state index contributed by atoms with van der Waals surface area (Å²) in [6.45, 7) is 3.30. The van der Waals surface area contributed by atoms with Crippen molar-refractivity contribution in [3.8, 4) is 0 Å². The van der Waals surface area contributed by atoms with Crippen molar-refractivity contribution >= 4 is 5.78 Å². The molecule has 0 fully saturated rings. The molecule has 0 unspecified atom stereocenters. The Bertz CT molecular complexity index is 452. The molecule has 0 radical (unpaired) electrons. The lowest BCUT2D eigenvalue weighted by Crippen LogP contribution is -2.24. The van der Waals surface area contributed by atoms with E-state index in [2.05, 4.69) is 0 Å². The summed E-state index contributed by atoms with van der Waals surface area (Å²) < 4.78 is 0. The molecule has 0 bridgehead atoms. The van der Waals surface area contributed by atoms with Crippen LogP contribution in [0.25, 0.3) is 0 Å². The number of carbonyl (C=O) groups is 1. The van der Waals surface area contributed by atoms with E-state index < -0.39 is 0 Å². The molecule has 0 saturated carbocycles. The van der Waals surface area contributed by atoms with E-state index in [4.69, 9.17) is 0 Å². The third-order valence-electron chi connectivity index (χ3n) is 2.69. The Balaban J connectivity index is 2.51. The molecule has 1 aliphatic carbocycles. The minimum atomic E-state index is -0.252. The summed E-state index contributed by atoms with van der Waals surface area (Å²) in [5.74, 6) is -0.182. The molecule has 2 N–H and O–H groups in total. The average Bonchev–Trinajstić information content (AvgIpc) is 2.45. The zero-order chi connectivity index (χ0) is 11.9. The first kappa shape index (κ1) is 10.7. The highest BCUT2D eigenvalue weighted by Gasteiger charge is 2.31. The van der Waals surface area contributed by atoms with E-state index in [1.807, 2.05) is 0 Å². The Kier molecular flexibility index (Phi) is 2.41. The number of carbonyl (C=O) groups excluding carboxylic acids is 1. The molecule has 0 aromatic rings. The first-order valence-corrected chi connectivity index (χ1v) is 4.83. The van der Waals surface area contributed by atoms with Crippen molar-refractivity contribution in [2.45, 2.75) is 13.8 Å². The lowest BCUT2D eigenvalue weighted by molar-refractivity contribution is -0.114. The molecule has 0 amide bonds. The number of allylic oxidation sites excluding steroid dienone is 7. The SMILES string of the molecule is CC1=C(C)N(O)C(=C2C=CC=CC2=O)N1O. The molecule has 2 rings (SSSR count). The summed E-state index contributed by atoms with van der Waals surface area (Å²) in [7, 11) is 0.